The number of hydrogen-bond donors (Lipinski definition) is 1. The minimum atomic E-state index is 0.567. The topological polar surface area (TPSA) is 50.7 Å². The maximum Gasteiger partial charge on any atom is 0.183 e. The summed E-state index contributed by atoms with van der Waals surface area (Å²) >= 11 is 7.29. The zero-order chi connectivity index (χ0) is 14.1. The number of nitrogens with zero attached hydrogens (tertiary/aromatic N) is 3. The SMILES string of the molecule is Cc1nc2ccc(NCc3cnc(Cl)s3)cc2nc1C. The number of benzene rings is 1. The molecule has 0 fully saturated rings. The average molecular weight is 305 g/mol. The van der Waals surface area contributed by atoms with E-state index in [1.165, 1.54) is 11.3 Å². The molecule has 0 atom stereocenters. The predicted molar refractivity (Wildman–Crippen MR) is 83.5 cm³/mol. The Hall–Kier alpha value is -1.72. The quantitative estimate of drug-likeness (QED) is 0.795. The Labute approximate surface area is 125 Å². The van der Waals surface area contributed by atoms with Crippen LogP contribution < -0.4 is 5.32 Å². The van der Waals surface area contributed by atoms with Crippen molar-refractivity contribution < 1.29 is 0 Å². The highest BCUT2D eigenvalue weighted by Gasteiger charge is 2.04. The van der Waals surface area contributed by atoms with Crippen LogP contribution in [-0.4, -0.2) is 15.0 Å². The van der Waals surface area contributed by atoms with Gasteiger partial charge in [-0.2, -0.15) is 0 Å². The minimum Gasteiger partial charge on any atom is -0.380 e. The molecule has 3 aromatic rings. The van der Waals surface area contributed by atoms with Gasteiger partial charge in [-0.05, 0) is 32.0 Å². The second kappa shape index (κ2) is 5.34. The Kier molecular flexibility index (Phi) is 3.54. The molecule has 6 heteroatoms. The summed E-state index contributed by atoms with van der Waals surface area (Å²) in [5, 5.41) is 3.34. The first-order valence-electron chi connectivity index (χ1n) is 6.21. The van der Waals surface area contributed by atoms with Crippen LogP contribution in [0.2, 0.25) is 4.47 Å². The third-order valence-electron chi connectivity index (χ3n) is 3.07. The van der Waals surface area contributed by atoms with E-state index < -0.39 is 0 Å². The summed E-state index contributed by atoms with van der Waals surface area (Å²) in [5.41, 5.74) is 4.76. The molecule has 0 aliphatic rings. The molecule has 102 valence electrons. The highest BCUT2D eigenvalue weighted by atomic mass is 35.5. The zero-order valence-electron chi connectivity index (χ0n) is 11.1. The highest BCUT2D eigenvalue weighted by Crippen LogP contribution is 2.21. The van der Waals surface area contributed by atoms with E-state index in [1.807, 2.05) is 32.0 Å². The number of hydrogen-bond acceptors (Lipinski definition) is 5. The van der Waals surface area contributed by atoms with Gasteiger partial charge in [-0.3, -0.25) is 0 Å². The molecule has 1 aromatic carbocycles. The molecule has 0 spiro atoms. The van der Waals surface area contributed by atoms with Gasteiger partial charge in [0.25, 0.3) is 0 Å². The summed E-state index contributed by atoms with van der Waals surface area (Å²) in [7, 11) is 0. The fourth-order valence-corrected chi connectivity index (χ4v) is 2.81. The van der Waals surface area contributed by atoms with Gasteiger partial charge in [-0.1, -0.05) is 11.6 Å². The largest absolute Gasteiger partial charge is 0.380 e. The monoisotopic (exact) mass is 304 g/mol. The highest BCUT2D eigenvalue weighted by molar-refractivity contribution is 7.15. The Morgan fingerprint density at radius 3 is 2.60 bits per heavy atom. The molecule has 1 N–H and O–H groups in total. The van der Waals surface area contributed by atoms with Crippen LogP contribution in [0.4, 0.5) is 5.69 Å². The molecule has 0 bridgehead atoms. The molecule has 0 aliphatic carbocycles. The van der Waals surface area contributed by atoms with Crippen LogP contribution in [0.3, 0.4) is 0 Å². The second-order valence-corrected chi connectivity index (χ2v) is 6.23. The summed E-state index contributed by atoms with van der Waals surface area (Å²) in [6.07, 6.45) is 1.79. The van der Waals surface area contributed by atoms with Gasteiger partial charge in [0.2, 0.25) is 0 Å². The van der Waals surface area contributed by atoms with Gasteiger partial charge in [0, 0.05) is 16.8 Å². The van der Waals surface area contributed by atoms with Crippen LogP contribution in [-0.2, 0) is 6.54 Å². The van der Waals surface area contributed by atoms with Crippen molar-refractivity contribution >= 4 is 39.7 Å². The van der Waals surface area contributed by atoms with E-state index >= 15 is 0 Å². The molecule has 20 heavy (non-hydrogen) atoms. The van der Waals surface area contributed by atoms with Crippen molar-refractivity contribution in [1.82, 2.24) is 15.0 Å². The van der Waals surface area contributed by atoms with E-state index in [2.05, 4.69) is 20.3 Å². The number of nitrogens with one attached hydrogen (secondary N) is 1. The number of aromatic nitrogens is 3. The summed E-state index contributed by atoms with van der Waals surface area (Å²) in [6, 6.07) is 6.00. The summed E-state index contributed by atoms with van der Waals surface area (Å²) < 4.78 is 0.567. The van der Waals surface area contributed by atoms with Crippen LogP contribution in [0.15, 0.2) is 24.4 Å². The lowest BCUT2D eigenvalue weighted by atomic mass is 10.2. The Bertz CT molecular complexity index is 769. The number of anilines is 1. The van der Waals surface area contributed by atoms with Gasteiger partial charge in [0.1, 0.15) is 0 Å². The number of rotatable bonds is 3. The van der Waals surface area contributed by atoms with Crippen LogP contribution in [0.1, 0.15) is 16.3 Å². The maximum absolute atomic E-state index is 5.81. The molecule has 0 saturated heterocycles. The normalized spacial score (nSPS) is 10.9. The van der Waals surface area contributed by atoms with Crippen molar-refractivity contribution in [2.75, 3.05) is 5.32 Å². The molecular weight excluding hydrogens is 292 g/mol. The van der Waals surface area contributed by atoms with E-state index in [0.717, 1.165) is 33.0 Å². The molecule has 2 aromatic heterocycles. The summed E-state index contributed by atoms with van der Waals surface area (Å²) in [5.74, 6) is 0. The fourth-order valence-electron chi connectivity index (χ4n) is 1.90. The lowest BCUT2D eigenvalue weighted by molar-refractivity contribution is 1.10. The summed E-state index contributed by atoms with van der Waals surface area (Å²) in [6.45, 7) is 4.65. The zero-order valence-corrected chi connectivity index (χ0v) is 12.7. The number of aryl methyl sites for hydroxylation is 2. The molecule has 3 rings (SSSR count). The molecule has 0 saturated carbocycles. The van der Waals surface area contributed by atoms with Gasteiger partial charge in [0.05, 0.1) is 29.0 Å². The third kappa shape index (κ3) is 2.73. The first-order valence-corrected chi connectivity index (χ1v) is 7.40. The van der Waals surface area contributed by atoms with E-state index in [4.69, 9.17) is 11.6 Å². The molecule has 0 aliphatic heterocycles. The van der Waals surface area contributed by atoms with Crippen LogP contribution in [0.5, 0.6) is 0 Å². The third-order valence-corrected chi connectivity index (χ3v) is 4.18. The predicted octanol–water partition coefficient (Wildman–Crippen LogP) is 3.97. The van der Waals surface area contributed by atoms with Gasteiger partial charge in [0.15, 0.2) is 4.47 Å². The van der Waals surface area contributed by atoms with Crippen molar-refractivity contribution in [3.05, 3.63) is 45.1 Å². The second-order valence-electron chi connectivity index (χ2n) is 4.53. The first kappa shape index (κ1) is 13.3. The molecule has 0 amide bonds. The molecular formula is C14H13ClN4S. The van der Waals surface area contributed by atoms with Crippen molar-refractivity contribution in [2.24, 2.45) is 0 Å². The van der Waals surface area contributed by atoms with E-state index in [-0.39, 0.29) is 0 Å². The van der Waals surface area contributed by atoms with E-state index in [0.29, 0.717) is 11.0 Å². The van der Waals surface area contributed by atoms with Crippen molar-refractivity contribution in [1.29, 1.82) is 0 Å². The van der Waals surface area contributed by atoms with Crippen molar-refractivity contribution in [3.8, 4) is 0 Å². The number of fused-ring (bicyclic) bond motifs is 1. The van der Waals surface area contributed by atoms with Crippen LogP contribution in [0, 0.1) is 13.8 Å². The van der Waals surface area contributed by atoms with Crippen molar-refractivity contribution in [2.45, 2.75) is 20.4 Å². The van der Waals surface area contributed by atoms with Gasteiger partial charge < -0.3 is 5.32 Å². The van der Waals surface area contributed by atoms with E-state index in [9.17, 15) is 0 Å². The number of halogens is 1. The van der Waals surface area contributed by atoms with Crippen LogP contribution >= 0.6 is 22.9 Å². The fraction of sp³-hybridized carbons (Fsp3) is 0.214. The van der Waals surface area contributed by atoms with Crippen LogP contribution in [0.25, 0.3) is 11.0 Å². The van der Waals surface area contributed by atoms with Gasteiger partial charge >= 0.3 is 0 Å². The lowest BCUT2D eigenvalue weighted by Gasteiger charge is -2.07. The molecule has 0 radical (unpaired) electrons. The average Bonchev–Trinajstić information content (AvgIpc) is 2.84. The van der Waals surface area contributed by atoms with Crippen molar-refractivity contribution in [3.63, 3.8) is 0 Å². The minimum absolute atomic E-state index is 0.567. The first-order chi connectivity index (χ1) is 9.61. The Morgan fingerprint density at radius 2 is 1.90 bits per heavy atom. The lowest BCUT2D eigenvalue weighted by Crippen LogP contribution is -1.99. The Balaban J connectivity index is 1.83. The molecule has 0 unspecified atom stereocenters. The maximum atomic E-state index is 5.81. The Morgan fingerprint density at radius 1 is 1.15 bits per heavy atom. The van der Waals surface area contributed by atoms with E-state index in [1.54, 1.807) is 6.20 Å². The van der Waals surface area contributed by atoms with Gasteiger partial charge in [-0.15, -0.1) is 11.3 Å². The standard InChI is InChI=1S/C14H13ClN4S/c1-8-9(2)19-13-5-10(3-4-12(13)18-8)16-6-11-7-17-14(15)20-11/h3-5,7,16H,6H2,1-2H3. The summed E-state index contributed by atoms with van der Waals surface area (Å²) in [4.78, 5) is 14.2. The molecule has 4 nitrogen and oxygen atoms in total. The smallest absolute Gasteiger partial charge is 0.183 e. The molecule has 2 heterocycles. The number of thiazole rings is 1. The van der Waals surface area contributed by atoms with Gasteiger partial charge in [-0.25, -0.2) is 15.0 Å².